The van der Waals surface area contributed by atoms with E-state index in [9.17, 15) is 19.5 Å². The Morgan fingerprint density at radius 1 is 1.32 bits per heavy atom. The van der Waals surface area contributed by atoms with E-state index in [4.69, 9.17) is 16.3 Å². The van der Waals surface area contributed by atoms with Gasteiger partial charge in [-0.3, -0.25) is 14.5 Å². The van der Waals surface area contributed by atoms with Crippen molar-refractivity contribution in [2.75, 3.05) is 4.90 Å². The van der Waals surface area contributed by atoms with Gasteiger partial charge < -0.3 is 9.84 Å². The number of rotatable bonds is 6. The van der Waals surface area contributed by atoms with Crippen LogP contribution < -0.4 is 9.64 Å². The number of ketones is 1. The lowest BCUT2D eigenvalue weighted by Gasteiger charge is -2.38. The molecule has 0 saturated carbocycles. The Bertz CT molecular complexity index is 701. The summed E-state index contributed by atoms with van der Waals surface area (Å²) in [4.78, 5) is 38.0. The van der Waals surface area contributed by atoms with E-state index in [2.05, 4.69) is 0 Å². The number of hydrogen-bond acceptors (Lipinski definition) is 4. The monoisotopic (exact) mass is 367 g/mol. The summed E-state index contributed by atoms with van der Waals surface area (Å²) in [6.45, 7) is 6.92. The summed E-state index contributed by atoms with van der Waals surface area (Å²) >= 11 is 5.86. The predicted octanol–water partition coefficient (Wildman–Crippen LogP) is 3.11. The molecule has 7 heteroatoms. The molecule has 0 aromatic heterocycles. The zero-order valence-corrected chi connectivity index (χ0v) is 15.4. The van der Waals surface area contributed by atoms with Crippen molar-refractivity contribution in [2.45, 2.75) is 51.6 Å². The summed E-state index contributed by atoms with van der Waals surface area (Å²) in [6.07, 6.45) is -0.538. The number of hydrogen-bond donors (Lipinski definition) is 1. The number of carboxylic acids is 1. The number of nitrogens with zero attached hydrogens (tertiary/aromatic N) is 1. The number of aliphatic carboxylic acids is 1. The van der Waals surface area contributed by atoms with E-state index >= 15 is 0 Å². The lowest BCUT2D eigenvalue weighted by atomic mass is 9.99. The number of amides is 1. The van der Waals surface area contributed by atoms with Crippen LogP contribution in [0.4, 0.5) is 5.69 Å². The van der Waals surface area contributed by atoms with Crippen LogP contribution in [0.2, 0.25) is 0 Å². The molecule has 0 bridgehead atoms. The maximum atomic E-state index is 12.9. The van der Waals surface area contributed by atoms with E-state index in [0.717, 1.165) is 0 Å². The third-order valence-corrected chi connectivity index (χ3v) is 4.39. The topological polar surface area (TPSA) is 83.9 Å². The Morgan fingerprint density at radius 2 is 1.96 bits per heavy atom. The minimum absolute atomic E-state index is 0.126. The van der Waals surface area contributed by atoms with Gasteiger partial charge in [-0.1, -0.05) is 20.8 Å². The van der Waals surface area contributed by atoms with Crippen LogP contribution in [-0.4, -0.2) is 40.3 Å². The van der Waals surface area contributed by atoms with E-state index in [0.29, 0.717) is 17.0 Å². The van der Waals surface area contributed by atoms with Crippen molar-refractivity contribution in [3.8, 4) is 5.75 Å². The second-order valence-electron chi connectivity index (χ2n) is 6.42. The lowest BCUT2D eigenvalue weighted by Crippen LogP contribution is -2.54. The number of carboxylic acid groups (broad SMARTS) is 1. The van der Waals surface area contributed by atoms with Crippen molar-refractivity contribution in [2.24, 2.45) is 5.92 Å². The first-order valence-corrected chi connectivity index (χ1v) is 8.67. The van der Waals surface area contributed by atoms with Crippen molar-refractivity contribution in [1.82, 2.24) is 0 Å². The summed E-state index contributed by atoms with van der Waals surface area (Å²) in [5.74, 6) is -1.56. The Morgan fingerprint density at radius 3 is 2.44 bits per heavy atom. The minimum atomic E-state index is -1.10. The van der Waals surface area contributed by atoms with Gasteiger partial charge in [-0.25, -0.2) is 4.79 Å². The molecule has 0 spiro atoms. The molecule has 136 valence electrons. The van der Waals surface area contributed by atoms with Gasteiger partial charge in [0, 0.05) is 5.56 Å². The van der Waals surface area contributed by atoms with E-state index < -0.39 is 29.4 Å². The normalized spacial score (nSPS) is 19.2. The number of fused-ring (bicyclic) bond motifs is 1. The van der Waals surface area contributed by atoms with E-state index in [1.807, 2.05) is 13.8 Å². The van der Waals surface area contributed by atoms with Crippen LogP contribution in [0.1, 0.15) is 44.5 Å². The zero-order chi connectivity index (χ0) is 18.9. The summed E-state index contributed by atoms with van der Waals surface area (Å²) in [5.41, 5.74) is 0.602. The molecule has 1 heterocycles. The maximum absolute atomic E-state index is 12.9. The van der Waals surface area contributed by atoms with Crippen LogP contribution in [0.15, 0.2) is 18.2 Å². The molecule has 6 nitrogen and oxygen atoms in total. The van der Waals surface area contributed by atoms with Gasteiger partial charge in [0.2, 0.25) is 0 Å². The molecular weight excluding hydrogens is 346 g/mol. The Balaban J connectivity index is 2.60. The molecule has 1 aromatic rings. The first-order chi connectivity index (χ1) is 11.7. The summed E-state index contributed by atoms with van der Waals surface area (Å²) in [6, 6.07) is 3.62. The highest BCUT2D eigenvalue weighted by Crippen LogP contribution is 2.38. The highest BCUT2D eigenvalue weighted by Gasteiger charge is 2.42. The SMILES string of the molecule is CCC(C(=O)O)N1C(=O)C(C(C)C)Oc2ccc(C(=O)C(C)Cl)cc21. The number of halogens is 1. The fourth-order valence-corrected chi connectivity index (χ4v) is 2.97. The number of alkyl halides is 1. The first-order valence-electron chi connectivity index (χ1n) is 8.23. The van der Waals surface area contributed by atoms with Gasteiger partial charge in [-0.05, 0) is 37.5 Å². The molecule has 3 unspecified atom stereocenters. The fourth-order valence-electron chi connectivity index (χ4n) is 2.84. The molecule has 0 aliphatic carbocycles. The molecule has 1 N–H and O–H groups in total. The third-order valence-electron chi connectivity index (χ3n) is 4.19. The van der Waals surface area contributed by atoms with Crippen molar-refractivity contribution >= 4 is 34.9 Å². The van der Waals surface area contributed by atoms with Crippen LogP contribution in [-0.2, 0) is 9.59 Å². The Kier molecular flexibility index (Phi) is 5.72. The molecule has 2 rings (SSSR count). The molecule has 1 aliphatic heterocycles. The number of ether oxygens (including phenoxy) is 1. The fraction of sp³-hybridized carbons (Fsp3) is 0.500. The lowest BCUT2D eigenvalue weighted by molar-refractivity contribution is -0.141. The van der Waals surface area contributed by atoms with Gasteiger partial charge in [-0.15, -0.1) is 11.6 Å². The molecule has 25 heavy (non-hydrogen) atoms. The number of carbonyl (C=O) groups is 3. The van der Waals surface area contributed by atoms with Gasteiger partial charge in [0.15, 0.2) is 11.9 Å². The average molecular weight is 368 g/mol. The molecule has 0 saturated heterocycles. The van der Waals surface area contributed by atoms with Crippen molar-refractivity contribution in [3.63, 3.8) is 0 Å². The summed E-state index contributed by atoms with van der Waals surface area (Å²) in [7, 11) is 0. The van der Waals surface area contributed by atoms with Crippen LogP contribution in [0, 0.1) is 5.92 Å². The number of anilines is 1. The summed E-state index contributed by atoms with van der Waals surface area (Å²) < 4.78 is 5.78. The Hall–Kier alpha value is -2.08. The van der Waals surface area contributed by atoms with E-state index in [1.165, 1.54) is 11.0 Å². The number of carbonyl (C=O) groups excluding carboxylic acids is 2. The third kappa shape index (κ3) is 3.63. The number of Topliss-reactive ketones (excluding diaryl/α,β-unsaturated/α-hetero) is 1. The summed E-state index contributed by atoms with van der Waals surface area (Å²) in [5, 5.41) is 8.81. The van der Waals surface area contributed by atoms with Crippen LogP contribution in [0.5, 0.6) is 5.75 Å². The molecular formula is C18H22ClNO5. The highest BCUT2D eigenvalue weighted by molar-refractivity contribution is 6.33. The van der Waals surface area contributed by atoms with Crippen LogP contribution in [0.3, 0.4) is 0 Å². The van der Waals surface area contributed by atoms with Crippen molar-refractivity contribution < 1.29 is 24.2 Å². The molecule has 0 radical (unpaired) electrons. The largest absolute Gasteiger partial charge is 0.480 e. The van der Waals surface area contributed by atoms with E-state index in [1.54, 1.807) is 26.0 Å². The molecule has 1 amide bonds. The predicted molar refractivity (Wildman–Crippen MR) is 94.5 cm³/mol. The Labute approximate surface area is 151 Å². The van der Waals surface area contributed by atoms with Gasteiger partial charge >= 0.3 is 5.97 Å². The van der Waals surface area contributed by atoms with Gasteiger partial charge in [0.1, 0.15) is 11.8 Å². The first kappa shape index (κ1) is 19.2. The second-order valence-corrected chi connectivity index (χ2v) is 7.07. The van der Waals surface area contributed by atoms with Gasteiger partial charge in [0.05, 0.1) is 11.1 Å². The highest BCUT2D eigenvalue weighted by atomic mass is 35.5. The van der Waals surface area contributed by atoms with Crippen LogP contribution in [0.25, 0.3) is 0 Å². The minimum Gasteiger partial charge on any atom is -0.480 e. The standard InChI is InChI=1S/C18H22ClNO5/c1-5-12(18(23)24)20-13-8-11(15(21)10(4)19)6-7-14(13)25-16(9(2)3)17(20)22/h6-10,12,16H,5H2,1-4H3,(H,23,24). The zero-order valence-electron chi connectivity index (χ0n) is 14.7. The molecule has 1 aliphatic rings. The van der Waals surface area contributed by atoms with E-state index in [-0.39, 0.29) is 18.1 Å². The second kappa shape index (κ2) is 7.44. The average Bonchev–Trinajstić information content (AvgIpc) is 2.55. The quantitative estimate of drug-likeness (QED) is 0.617. The van der Waals surface area contributed by atoms with Crippen LogP contribution >= 0.6 is 11.6 Å². The van der Waals surface area contributed by atoms with Crippen molar-refractivity contribution in [3.05, 3.63) is 23.8 Å². The van der Waals surface area contributed by atoms with Gasteiger partial charge in [-0.2, -0.15) is 0 Å². The van der Waals surface area contributed by atoms with Gasteiger partial charge in [0.25, 0.3) is 5.91 Å². The molecule has 1 aromatic carbocycles. The van der Waals surface area contributed by atoms with Crippen molar-refractivity contribution in [1.29, 1.82) is 0 Å². The molecule has 3 atom stereocenters. The maximum Gasteiger partial charge on any atom is 0.326 e. The number of benzene rings is 1. The smallest absolute Gasteiger partial charge is 0.326 e. The molecule has 0 fully saturated rings.